The second kappa shape index (κ2) is 4.94. The molecule has 0 fully saturated rings. The summed E-state index contributed by atoms with van der Waals surface area (Å²) in [7, 11) is 1.62. The van der Waals surface area contributed by atoms with Crippen molar-refractivity contribution in [2.24, 2.45) is 0 Å². The number of ether oxygens (including phenoxy) is 1. The van der Waals surface area contributed by atoms with Gasteiger partial charge in [0.25, 0.3) is 0 Å². The monoisotopic (exact) mass is 186 g/mol. The molecule has 1 heterocycles. The number of aliphatic hydroxyl groups excluding tert-OH is 1. The van der Waals surface area contributed by atoms with Crippen molar-refractivity contribution in [2.45, 2.75) is 25.9 Å². The molecule has 0 aromatic carbocycles. The lowest BCUT2D eigenvalue weighted by Crippen LogP contribution is -2.04. The fourth-order valence-corrected chi connectivity index (χ4v) is 0.921. The summed E-state index contributed by atoms with van der Waals surface area (Å²) in [6, 6.07) is 0. The Morgan fingerprint density at radius 1 is 1.62 bits per heavy atom. The molecule has 5 heteroatoms. The molecule has 1 rings (SSSR count). The molecular formula is C8H14N2O3. The van der Waals surface area contributed by atoms with Gasteiger partial charge in [0.15, 0.2) is 5.82 Å². The highest BCUT2D eigenvalue weighted by Gasteiger charge is 2.08. The van der Waals surface area contributed by atoms with Gasteiger partial charge in [0.05, 0.1) is 19.1 Å². The molecule has 0 saturated heterocycles. The lowest BCUT2D eigenvalue weighted by atomic mass is 10.3. The molecule has 1 aromatic rings. The van der Waals surface area contributed by atoms with Gasteiger partial charge in [0, 0.05) is 13.5 Å². The van der Waals surface area contributed by atoms with Crippen LogP contribution in [-0.4, -0.2) is 35.1 Å². The second-order valence-corrected chi connectivity index (χ2v) is 2.90. The van der Waals surface area contributed by atoms with Gasteiger partial charge in [-0.05, 0) is 6.92 Å². The van der Waals surface area contributed by atoms with Gasteiger partial charge in [-0.2, -0.15) is 4.98 Å². The topological polar surface area (TPSA) is 68.4 Å². The predicted octanol–water partition coefficient (Wildman–Crippen LogP) is 0.182. The lowest BCUT2D eigenvalue weighted by molar-refractivity contribution is 0.180. The number of methoxy groups -OCH3 is 1. The SMILES string of the molecule is COCCc1noc(CC(C)O)n1. The van der Waals surface area contributed by atoms with Gasteiger partial charge < -0.3 is 14.4 Å². The van der Waals surface area contributed by atoms with E-state index in [2.05, 4.69) is 10.1 Å². The summed E-state index contributed by atoms with van der Waals surface area (Å²) in [5.41, 5.74) is 0. The molecule has 13 heavy (non-hydrogen) atoms. The molecule has 1 atom stereocenters. The Labute approximate surface area is 76.7 Å². The molecule has 0 aliphatic carbocycles. The minimum atomic E-state index is -0.448. The van der Waals surface area contributed by atoms with Crippen molar-refractivity contribution in [1.29, 1.82) is 0 Å². The van der Waals surface area contributed by atoms with Gasteiger partial charge >= 0.3 is 0 Å². The summed E-state index contributed by atoms with van der Waals surface area (Å²) in [4.78, 5) is 4.07. The maximum Gasteiger partial charge on any atom is 0.229 e. The highest BCUT2D eigenvalue weighted by atomic mass is 16.5. The third kappa shape index (κ3) is 3.52. The van der Waals surface area contributed by atoms with E-state index in [0.717, 1.165) is 0 Å². The van der Waals surface area contributed by atoms with Gasteiger partial charge in [-0.1, -0.05) is 5.16 Å². The summed E-state index contributed by atoms with van der Waals surface area (Å²) in [6.07, 6.45) is 0.593. The first kappa shape index (κ1) is 10.1. The van der Waals surface area contributed by atoms with Crippen molar-refractivity contribution >= 4 is 0 Å². The lowest BCUT2D eigenvalue weighted by Gasteiger charge is -1.95. The number of aromatic nitrogens is 2. The zero-order chi connectivity index (χ0) is 9.68. The van der Waals surface area contributed by atoms with E-state index in [9.17, 15) is 0 Å². The van der Waals surface area contributed by atoms with E-state index >= 15 is 0 Å². The molecule has 0 aliphatic heterocycles. The van der Waals surface area contributed by atoms with Gasteiger partial charge in [0.1, 0.15) is 0 Å². The first-order valence-corrected chi connectivity index (χ1v) is 4.21. The van der Waals surface area contributed by atoms with Crippen LogP contribution < -0.4 is 0 Å². The number of hydrogen-bond acceptors (Lipinski definition) is 5. The molecule has 0 spiro atoms. The minimum absolute atomic E-state index is 0.403. The number of aliphatic hydroxyl groups is 1. The Bertz CT molecular complexity index is 247. The quantitative estimate of drug-likeness (QED) is 0.710. The maximum atomic E-state index is 9.04. The van der Waals surface area contributed by atoms with E-state index in [1.54, 1.807) is 14.0 Å². The van der Waals surface area contributed by atoms with Crippen molar-refractivity contribution in [2.75, 3.05) is 13.7 Å². The first-order valence-electron chi connectivity index (χ1n) is 4.21. The molecule has 0 bridgehead atoms. The van der Waals surface area contributed by atoms with Crippen LogP contribution in [0.25, 0.3) is 0 Å². The van der Waals surface area contributed by atoms with Gasteiger partial charge in [0.2, 0.25) is 5.89 Å². The van der Waals surface area contributed by atoms with E-state index < -0.39 is 6.10 Å². The Morgan fingerprint density at radius 3 is 3.00 bits per heavy atom. The number of rotatable bonds is 5. The largest absolute Gasteiger partial charge is 0.393 e. The molecule has 0 saturated carbocycles. The smallest absolute Gasteiger partial charge is 0.229 e. The van der Waals surface area contributed by atoms with E-state index in [0.29, 0.717) is 31.2 Å². The Kier molecular flexibility index (Phi) is 3.85. The molecule has 1 aromatic heterocycles. The molecule has 0 radical (unpaired) electrons. The van der Waals surface area contributed by atoms with Crippen LogP contribution in [0.5, 0.6) is 0 Å². The molecule has 0 amide bonds. The number of nitrogens with zero attached hydrogens (tertiary/aromatic N) is 2. The standard InChI is InChI=1S/C8H14N2O3/c1-6(11)5-8-9-7(10-13-8)3-4-12-2/h6,11H,3-5H2,1-2H3. The highest BCUT2D eigenvalue weighted by molar-refractivity contribution is 4.87. The predicted molar refractivity (Wildman–Crippen MR) is 45.3 cm³/mol. The average molecular weight is 186 g/mol. The zero-order valence-electron chi connectivity index (χ0n) is 7.86. The van der Waals surface area contributed by atoms with Crippen LogP contribution in [0, 0.1) is 0 Å². The third-order valence-corrected chi connectivity index (χ3v) is 1.51. The first-order chi connectivity index (χ1) is 6.22. The van der Waals surface area contributed by atoms with Gasteiger partial charge in [-0.3, -0.25) is 0 Å². The number of hydrogen-bond donors (Lipinski definition) is 1. The third-order valence-electron chi connectivity index (χ3n) is 1.51. The van der Waals surface area contributed by atoms with Crippen LogP contribution in [0.4, 0.5) is 0 Å². The second-order valence-electron chi connectivity index (χ2n) is 2.90. The maximum absolute atomic E-state index is 9.04. The Morgan fingerprint density at radius 2 is 2.38 bits per heavy atom. The summed E-state index contributed by atoms with van der Waals surface area (Å²) >= 11 is 0. The minimum Gasteiger partial charge on any atom is -0.393 e. The van der Waals surface area contributed by atoms with Crippen LogP contribution in [0.1, 0.15) is 18.6 Å². The van der Waals surface area contributed by atoms with Gasteiger partial charge in [-0.25, -0.2) is 0 Å². The van der Waals surface area contributed by atoms with Crippen LogP contribution in [0.15, 0.2) is 4.52 Å². The van der Waals surface area contributed by atoms with Crippen molar-refractivity contribution in [3.8, 4) is 0 Å². The fraction of sp³-hybridized carbons (Fsp3) is 0.750. The zero-order valence-corrected chi connectivity index (χ0v) is 7.86. The van der Waals surface area contributed by atoms with E-state index in [4.69, 9.17) is 14.4 Å². The molecule has 1 N–H and O–H groups in total. The van der Waals surface area contributed by atoms with Crippen LogP contribution in [0.2, 0.25) is 0 Å². The molecule has 5 nitrogen and oxygen atoms in total. The highest BCUT2D eigenvalue weighted by Crippen LogP contribution is 2.01. The summed E-state index contributed by atoms with van der Waals surface area (Å²) in [5, 5.41) is 12.8. The van der Waals surface area contributed by atoms with E-state index in [1.165, 1.54) is 0 Å². The normalized spacial score (nSPS) is 13.2. The molecule has 0 aliphatic rings. The van der Waals surface area contributed by atoms with Gasteiger partial charge in [-0.15, -0.1) is 0 Å². The summed E-state index contributed by atoms with van der Waals surface area (Å²) < 4.78 is 9.76. The van der Waals surface area contributed by atoms with Crippen LogP contribution in [-0.2, 0) is 17.6 Å². The van der Waals surface area contributed by atoms with E-state index in [-0.39, 0.29) is 0 Å². The summed E-state index contributed by atoms with van der Waals surface area (Å²) in [5.74, 6) is 1.10. The Hall–Kier alpha value is -0.940. The van der Waals surface area contributed by atoms with Crippen LogP contribution >= 0.6 is 0 Å². The Balaban J connectivity index is 2.44. The van der Waals surface area contributed by atoms with Crippen molar-refractivity contribution in [3.63, 3.8) is 0 Å². The van der Waals surface area contributed by atoms with Crippen LogP contribution in [0.3, 0.4) is 0 Å². The summed E-state index contributed by atoms with van der Waals surface area (Å²) in [6.45, 7) is 2.26. The average Bonchev–Trinajstić information content (AvgIpc) is 2.48. The molecule has 74 valence electrons. The van der Waals surface area contributed by atoms with Crippen molar-refractivity contribution in [1.82, 2.24) is 10.1 Å². The molecular weight excluding hydrogens is 172 g/mol. The van der Waals surface area contributed by atoms with Crippen molar-refractivity contribution < 1.29 is 14.4 Å². The van der Waals surface area contributed by atoms with Crippen molar-refractivity contribution in [3.05, 3.63) is 11.7 Å². The molecule has 1 unspecified atom stereocenters. The van der Waals surface area contributed by atoms with E-state index in [1.807, 2.05) is 0 Å². The fourth-order valence-electron chi connectivity index (χ4n) is 0.921.